The van der Waals surface area contributed by atoms with Crippen LogP contribution < -0.4 is 15.1 Å². The zero-order chi connectivity index (χ0) is 26.2. The fraction of sp³-hybridized carbons (Fsp3) is 0.290. The molecule has 4 aromatic rings. The fourth-order valence-electron chi connectivity index (χ4n) is 5.95. The molecule has 4 atom stereocenters. The lowest BCUT2D eigenvalue weighted by atomic mass is 9.91. The van der Waals surface area contributed by atoms with Crippen molar-refractivity contribution in [2.75, 3.05) is 22.9 Å². The lowest BCUT2D eigenvalue weighted by Gasteiger charge is -2.37. The Morgan fingerprint density at radius 3 is 2.42 bits per heavy atom. The van der Waals surface area contributed by atoms with E-state index in [9.17, 15) is 0 Å². The van der Waals surface area contributed by atoms with E-state index in [-0.39, 0.29) is 12.1 Å². The van der Waals surface area contributed by atoms with Crippen LogP contribution >= 0.6 is 23.8 Å². The predicted molar refractivity (Wildman–Crippen MR) is 159 cm³/mol. The van der Waals surface area contributed by atoms with Crippen molar-refractivity contribution >= 4 is 40.3 Å². The number of nitrogens with one attached hydrogen (secondary N) is 1. The molecule has 2 aromatic heterocycles. The second-order valence-electron chi connectivity index (χ2n) is 10.6. The van der Waals surface area contributed by atoms with E-state index < -0.39 is 0 Å². The first kappa shape index (κ1) is 25.0. The minimum absolute atomic E-state index is 0.180. The van der Waals surface area contributed by atoms with Crippen molar-refractivity contribution in [2.24, 2.45) is 11.8 Å². The number of piperidine rings is 1. The number of anilines is 2. The fourth-order valence-corrected chi connectivity index (χ4v) is 6.59. The van der Waals surface area contributed by atoms with Gasteiger partial charge in [-0.2, -0.15) is 0 Å². The number of nitrogens with zero attached hydrogens (tertiary/aromatic N) is 3. The van der Waals surface area contributed by atoms with Crippen LogP contribution in [0.4, 0.5) is 11.4 Å². The summed E-state index contributed by atoms with van der Waals surface area (Å²) in [5.41, 5.74) is 3.94. The molecular weight excluding hydrogens is 512 g/mol. The monoisotopic (exact) mass is 542 g/mol. The van der Waals surface area contributed by atoms with Crippen molar-refractivity contribution < 1.29 is 4.42 Å². The molecule has 0 saturated carbocycles. The van der Waals surface area contributed by atoms with Crippen molar-refractivity contribution in [3.63, 3.8) is 0 Å². The maximum absolute atomic E-state index is 6.95. The molecule has 0 spiro atoms. The van der Waals surface area contributed by atoms with E-state index in [1.54, 1.807) is 0 Å². The van der Waals surface area contributed by atoms with Crippen LogP contribution in [-0.4, -0.2) is 23.2 Å². The van der Waals surface area contributed by atoms with Crippen LogP contribution in [0.15, 0.2) is 89.5 Å². The average molecular weight is 543 g/mol. The van der Waals surface area contributed by atoms with Crippen LogP contribution in [0.5, 0.6) is 0 Å². The molecule has 2 aliphatic heterocycles. The molecule has 4 heterocycles. The minimum Gasteiger partial charge on any atom is -0.459 e. The highest BCUT2D eigenvalue weighted by molar-refractivity contribution is 7.80. The maximum atomic E-state index is 6.95. The summed E-state index contributed by atoms with van der Waals surface area (Å²) in [7, 11) is 0. The third-order valence-corrected chi connectivity index (χ3v) is 8.11. The van der Waals surface area contributed by atoms with Crippen LogP contribution in [0.25, 0.3) is 11.3 Å². The number of halogens is 1. The van der Waals surface area contributed by atoms with E-state index in [0.29, 0.717) is 16.9 Å². The summed E-state index contributed by atoms with van der Waals surface area (Å²) in [4.78, 5) is 9.17. The Bertz CT molecular complexity index is 1420. The van der Waals surface area contributed by atoms with E-state index in [0.717, 1.165) is 52.3 Å². The van der Waals surface area contributed by atoms with Gasteiger partial charge in [0.25, 0.3) is 0 Å². The second-order valence-corrected chi connectivity index (χ2v) is 11.3. The van der Waals surface area contributed by atoms with Gasteiger partial charge in [-0.3, -0.25) is 4.98 Å². The van der Waals surface area contributed by atoms with Crippen LogP contribution in [0.1, 0.15) is 43.8 Å². The number of hydrogen-bond acceptors (Lipinski definition) is 4. The Kier molecular flexibility index (Phi) is 6.85. The number of pyridine rings is 1. The molecule has 1 N–H and O–H groups in total. The highest BCUT2D eigenvalue weighted by atomic mass is 35.5. The lowest BCUT2D eigenvalue weighted by molar-refractivity contribution is 0.357. The summed E-state index contributed by atoms with van der Waals surface area (Å²) >= 11 is 12.8. The van der Waals surface area contributed by atoms with Gasteiger partial charge in [-0.1, -0.05) is 61.8 Å². The number of benzene rings is 2. The molecule has 5 nitrogen and oxygen atoms in total. The van der Waals surface area contributed by atoms with E-state index in [1.807, 2.05) is 60.8 Å². The molecule has 0 aliphatic carbocycles. The predicted octanol–water partition coefficient (Wildman–Crippen LogP) is 7.65. The van der Waals surface area contributed by atoms with Gasteiger partial charge in [0.2, 0.25) is 0 Å². The Labute approximate surface area is 234 Å². The molecular formula is C31H31ClN4OS. The quantitative estimate of drug-likeness (QED) is 0.261. The third kappa shape index (κ3) is 4.79. The van der Waals surface area contributed by atoms with Crippen LogP contribution in [-0.2, 0) is 0 Å². The van der Waals surface area contributed by atoms with Gasteiger partial charge in [0.05, 0.1) is 22.4 Å². The Balaban J connectivity index is 1.38. The maximum Gasteiger partial charge on any atom is 0.174 e. The van der Waals surface area contributed by atoms with E-state index in [4.69, 9.17) is 28.2 Å². The van der Waals surface area contributed by atoms with Crippen molar-refractivity contribution in [3.8, 4) is 11.3 Å². The van der Waals surface area contributed by atoms with Gasteiger partial charge >= 0.3 is 0 Å². The zero-order valence-corrected chi connectivity index (χ0v) is 23.1. The van der Waals surface area contributed by atoms with Crippen LogP contribution in [0.3, 0.4) is 0 Å². The summed E-state index contributed by atoms with van der Waals surface area (Å²) in [6.45, 7) is 6.67. The molecule has 0 amide bonds. The molecule has 38 heavy (non-hydrogen) atoms. The average Bonchev–Trinajstić information content (AvgIpc) is 3.54. The molecule has 6 rings (SSSR count). The van der Waals surface area contributed by atoms with Crippen molar-refractivity contribution in [1.29, 1.82) is 0 Å². The van der Waals surface area contributed by atoms with Gasteiger partial charge in [-0.25, -0.2) is 0 Å². The summed E-state index contributed by atoms with van der Waals surface area (Å²) in [5, 5.41) is 4.86. The largest absolute Gasteiger partial charge is 0.459 e. The van der Waals surface area contributed by atoms with Gasteiger partial charge in [0.1, 0.15) is 17.6 Å². The SMILES string of the molecule is C[C@@H]1C[C@H](C)CN(c2ccc(N3C(=S)N[C@H](c4ccccn4)[C@H]3c3ccc(-c4ccccc4)o3)cc2Cl)C1. The molecule has 2 saturated heterocycles. The first-order valence-corrected chi connectivity index (χ1v) is 14.0. The minimum atomic E-state index is -0.230. The van der Waals surface area contributed by atoms with Crippen molar-refractivity contribution in [2.45, 2.75) is 32.4 Å². The van der Waals surface area contributed by atoms with Gasteiger partial charge in [-0.05, 0) is 72.9 Å². The normalized spacial score (nSPS) is 23.5. The van der Waals surface area contributed by atoms with Crippen LogP contribution in [0.2, 0.25) is 5.02 Å². The summed E-state index contributed by atoms with van der Waals surface area (Å²) in [6, 6.07) is 26.0. The molecule has 0 unspecified atom stereocenters. The molecule has 2 aromatic carbocycles. The Morgan fingerprint density at radius 1 is 0.947 bits per heavy atom. The lowest BCUT2D eigenvalue weighted by Crippen LogP contribution is -2.38. The highest BCUT2D eigenvalue weighted by Gasteiger charge is 2.43. The Hall–Kier alpha value is -3.35. The van der Waals surface area contributed by atoms with E-state index >= 15 is 0 Å². The first-order valence-electron chi connectivity index (χ1n) is 13.2. The van der Waals surface area contributed by atoms with Gasteiger partial charge in [0.15, 0.2) is 5.11 Å². The molecule has 2 aliphatic rings. The van der Waals surface area contributed by atoms with E-state index in [1.165, 1.54) is 6.42 Å². The second kappa shape index (κ2) is 10.4. The van der Waals surface area contributed by atoms with E-state index in [2.05, 4.69) is 58.2 Å². The Morgan fingerprint density at radius 2 is 1.71 bits per heavy atom. The summed E-state index contributed by atoms with van der Waals surface area (Å²) in [5.74, 6) is 2.92. The molecule has 194 valence electrons. The van der Waals surface area contributed by atoms with Gasteiger partial charge in [0, 0.05) is 30.5 Å². The van der Waals surface area contributed by atoms with Gasteiger partial charge in [-0.15, -0.1) is 0 Å². The highest BCUT2D eigenvalue weighted by Crippen LogP contribution is 2.44. The summed E-state index contributed by atoms with van der Waals surface area (Å²) in [6.07, 6.45) is 3.06. The summed E-state index contributed by atoms with van der Waals surface area (Å²) < 4.78 is 6.47. The zero-order valence-electron chi connectivity index (χ0n) is 21.5. The molecule has 0 radical (unpaired) electrons. The smallest absolute Gasteiger partial charge is 0.174 e. The molecule has 0 bridgehead atoms. The molecule has 2 fully saturated rings. The first-order chi connectivity index (χ1) is 18.5. The van der Waals surface area contributed by atoms with Crippen molar-refractivity contribution in [3.05, 3.63) is 102 Å². The van der Waals surface area contributed by atoms with Crippen molar-refractivity contribution in [1.82, 2.24) is 10.3 Å². The number of rotatable bonds is 5. The number of aromatic nitrogens is 1. The number of hydrogen-bond donors (Lipinski definition) is 1. The number of furan rings is 1. The van der Waals surface area contributed by atoms with Crippen LogP contribution in [0, 0.1) is 11.8 Å². The standard InChI is InChI=1S/C31H31ClN4OS/c1-20-16-21(2)19-35(18-20)26-12-11-23(17-24(26)32)36-30(29(34-31(36)38)25-10-6-7-15-33-25)28-14-13-27(37-28)22-8-4-3-5-9-22/h3-15,17,20-21,29-30H,16,18-19H2,1-2H3,(H,34,38)/t20-,21+,29-,30-/m1/s1. The molecule has 7 heteroatoms. The topological polar surface area (TPSA) is 44.5 Å². The van der Waals surface area contributed by atoms with Gasteiger partial charge < -0.3 is 19.5 Å². The third-order valence-electron chi connectivity index (χ3n) is 7.49. The number of thiocarbonyl (C=S) groups is 1.